The van der Waals surface area contributed by atoms with E-state index in [0.29, 0.717) is 6.04 Å². The van der Waals surface area contributed by atoms with Crippen LogP contribution in [0, 0.1) is 5.92 Å². The molecule has 1 saturated carbocycles. The second-order valence-electron chi connectivity index (χ2n) is 9.94. The summed E-state index contributed by atoms with van der Waals surface area (Å²) in [4.78, 5) is 21.1. The van der Waals surface area contributed by atoms with Crippen molar-refractivity contribution in [3.05, 3.63) is 46.5 Å². The Labute approximate surface area is 214 Å². The molecule has 6 nitrogen and oxygen atoms in total. The predicted octanol–water partition coefficient (Wildman–Crippen LogP) is 5.08. The minimum Gasteiger partial charge on any atom is -0.496 e. The Balaban J connectivity index is 1.20. The number of nitrogens with zero attached hydrogens (tertiary/aromatic N) is 2. The number of fused-ring (bicyclic) bond motifs is 1. The zero-order chi connectivity index (χ0) is 24.6. The number of methoxy groups -OCH3 is 1. The fourth-order valence-electron chi connectivity index (χ4n) is 5.62. The molecule has 1 atom stereocenters. The van der Waals surface area contributed by atoms with Gasteiger partial charge in [-0.1, -0.05) is 25.1 Å². The van der Waals surface area contributed by atoms with Gasteiger partial charge in [-0.25, -0.2) is 4.98 Å². The van der Waals surface area contributed by atoms with Gasteiger partial charge < -0.3 is 20.7 Å². The average molecular weight is 497 g/mol. The summed E-state index contributed by atoms with van der Waals surface area (Å²) in [5.41, 5.74) is 8.10. The lowest BCUT2D eigenvalue weighted by atomic mass is 9.83. The molecule has 0 radical (unpaired) electrons. The van der Waals surface area contributed by atoms with Crippen LogP contribution in [0.25, 0.3) is 6.08 Å². The highest BCUT2D eigenvalue weighted by Gasteiger charge is 2.28. The number of hydrogen-bond donors (Lipinski definition) is 2. The number of thiazole rings is 1. The Morgan fingerprint density at radius 3 is 2.80 bits per heavy atom. The number of para-hydroxylation sites is 1. The molecule has 1 aromatic heterocycles. The van der Waals surface area contributed by atoms with Gasteiger partial charge in [-0.15, -0.1) is 11.3 Å². The molecule has 1 unspecified atom stereocenters. The van der Waals surface area contributed by atoms with Gasteiger partial charge in [0.15, 0.2) is 5.13 Å². The maximum Gasteiger partial charge on any atom is 0.244 e. The predicted molar refractivity (Wildman–Crippen MR) is 145 cm³/mol. The molecular formula is C28H40N4O2S. The van der Waals surface area contributed by atoms with Crippen molar-refractivity contribution in [2.75, 3.05) is 25.9 Å². The first-order valence-electron chi connectivity index (χ1n) is 13.1. The molecule has 0 saturated heterocycles. The van der Waals surface area contributed by atoms with Gasteiger partial charge >= 0.3 is 0 Å². The number of anilines is 1. The summed E-state index contributed by atoms with van der Waals surface area (Å²) in [6.07, 6.45) is 13.8. The fourth-order valence-corrected chi connectivity index (χ4v) is 6.57. The van der Waals surface area contributed by atoms with Crippen molar-refractivity contribution in [2.24, 2.45) is 5.92 Å². The first-order chi connectivity index (χ1) is 17.1. The number of benzene rings is 1. The summed E-state index contributed by atoms with van der Waals surface area (Å²) in [5.74, 6) is 1.51. The van der Waals surface area contributed by atoms with Crippen molar-refractivity contribution in [3.8, 4) is 5.75 Å². The number of ether oxygens (including phenoxy) is 1. The van der Waals surface area contributed by atoms with E-state index in [1.807, 2.05) is 30.3 Å². The standard InChI is InChI=1S/C28H40N4O2S/c1-3-17-32(23-13-14-24-26(19-23)35-28(29)31-24)18-16-20-8-11-22(12-9-20)30-27(33)15-10-21-6-4-5-7-25(21)34-2/h4-7,10,15,20,22-23H,3,8-9,11-14,16-19H2,1-2H3,(H2,29,31)(H,30,33)/b15-10+. The van der Waals surface area contributed by atoms with E-state index in [2.05, 4.69) is 22.1 Å². The Hall–Kier alpha value is -2.38. The van der Waals surface area contributed by atoms with E-state index in [0.717, 1.165) is 54.6 Å². The molecule has 1 heterocycles. The van der Waals surface area contributed by atoms with Crippen LogP contribution in [0.3, 0.4) is 0 Å². The maximum absolute atomic E-state index is 12.5. The number of rotatable bonds is 10. The largest absolute Gasteiger partial charge is 0.496 e. The van der Waals surface area contributed by atoms with E-state index in [4.69, 9.17) is 10.5 Å². The number of amides is 1. The number of nitrogens with two attached hydrogens (primary N) is 1. The minimum atomic E-state index is -0.0196. The molecule has 0 spiro atoms. The molecule has 3 N–H and O–H groups in total. The molecule has 2 aliphatic rings. The highest BCUT2D eigenvalue weighted by atomic mass is 32.1. The van der Waals surface area contributed by atoms with E-state index < -0.39 is 0 Å². The van der Waals surface area contributed by atoms with Crippen molar-refractivity contribution >= 4 is 28.5 Å². The monoisotopic (exact) mass is 496 g/mol. The van der Waals surface area contributed by atoms with Crippen molar-refractivity contribution in [1.29, 1.82) is 0 Å². The summed E-state index contributed by atoms with van der Waals surface area (Å²) >= 11 is 1.68. The van der Waals surface area contributed by atoms with Gasteiger partial charge in [0, 0.05) is 28.6 Å². The number of aromatic nitrogens is 1. The highest BCUT2D eigenvalue weighted by Crippen LogP contribution is 2.32. The zero-order valence-electron chi connectivity index (χ0n) is 21.2. The SMILES string of the molecule is CCCN(CCC1CCC(NC(=O)/C=C/c2ccccc2OC)CC1)C1CCc2nc(N)sc2C1. The third kappa shape index (κ3) is 7.07. The van der Waals surface area contributed by atoms with Gasteiger partial charge in [-0.05, 0) is 88.9 Å². The van der Waals surface area contributed by atoms with Crippen LogP contribution >= 0.6 is 11.3 Å². The van der Waals surface area contributed by atoms with Gasteiger partial charge in [0.1, 0.15) is 5.75 Å². The summed E-state index contributed by atoms with van der Waals surface area (Å²) in [7, 11) is 1.65. The Morgan fingerprint density at radius 2 is 2.03 bits per heavy atom. The van der Waals surface area contributed by atoms with E-state index >= 15 is 0 Å². The van der Waals surface area contributed by atoms with Gasteiger partial charge in [0.05, 0.1) is 12.8 Å². The molecule has 1 fully saturated rings. The summed E-state index contributed by atoms with van der Waals surface area (Å²) in [6, 6.07) is 8.63. The number of carbonyl (C=O) groups is 1. The van der Waals surface area contributed by atoms with Crippen LogP contribution < -0.4 is 15.8 Å². The van der Waals surface area contributed by atoms with Crippen molar-refractivity contribution in [2.45, 2.75) is 76.8 Å². The first-order valence-corrected chi connectivity index (χ1v) is 14.0. The number of carbonyl (C=O) groups excluding carboxylic acids is 1. The van der Waals surface area contributed by atoms with Crippen LogP contribution in [-0.2, 0) is 17.6 Å². The molecule has 190 valence electrons. The van der Waals surface area contributed by atoms with Gasteiger partial charge in [0.25, 0.3) is 0 Å². The summed E-state index contributed by atoms with van der Waals surface area (Å²) < 4.78 is 5.36. The highest BCUT2D eigenvalue weighted by molar-refractivity contribution is 7.15. The van der Waals surface area contributed by atoms with Gasteiger partial charge in [0.2, 0.25) is 5.91 Å². The normalized spacial score (nSPS) is 22.3. The lowest BCUT2D eigenvalue weighted by molar-refractivity contribution is -0.117. The zero-order valence-corrected chi connectivity index (χ0v) is 22.0. The first kappa shape index (κ1) is 25.7. The van der Waals surface area contributed by atoms with E-state index in [-0.39, 0.29) is 11.9 Å². The number of aryl methyl sites for hydroxylation is 1. The number of hydrogen-bond acceptors (Lipinski definition) is 6. The smallest absolute Gasteiger partial charge is 0.244 e. The van der Waals surface area contributed by atoms with Crippen LogP contribution in [0.5, 0.6) is 5.75 Å². The molecule has 35 heavy (non-hydrogen) atoms. The molecule has 7 heteroatoms. The molecule has 2 aliphatic carbocycles. The van der Waals surface area contributed by atoms with E-state index in [9.17, 15) is 4.79 Å². The molecule has 2 aromatic rings. The second-order valence-corrected chi connectivity index (χ2v) is 11.1. The fraction of sp³-hybridized carbons (Fsp3) is 0.571. The molecule has 1 amide bonds. The van der Waals surface area contributed by atoms with Crippen LogP contribution in [-0.4, -0.2) is 48.1 Å². The summed E-state index contributed by atoms with van der Waals surface area (Å²) in [6.45, 7) is 4.62. The van der Waals surface area contributed by atoms with E-state index in [1.54, 1.807) is 24.5 Å². The number of nitrogens with one attached hydrogen (secondary N) is 1. The third-order valence-corrected chi connectivity index (χ3v) is 8.48. The molecule has 1 aromatic carbocycles. The average Bonchev–Trinajstić information content (AvgIpc) is 3.25. The maximum atomic E-state index is 12.5. The topological polar surface area (TPSA) is 80.5 Å². The Kier molecular flexibility index (Phi) is 9.21. The minimum absolute atomic E-state index is 0.0196. The van der Waals surface area contributed by atoms with Gasteiger partial charge in [-0.2, -0.15) is 0 Å². The van der Waals surface area contributed by atoms with Crippen molar-refractivity contribution < 1.29 is 9.53 Å². The van der Waals surface area contributed by atoms with Crippen LogP contribution in [0.15, 0.2) is 30.3 Å². The van der Waals surface area contributed by atoms with Crippen LogP contribution in [0.4, 0.5) is 5.13 Å². The van der Waals surface area contributed by atoms with E-state index in [1.165, 1.54) is 49.2 Å². The summed E-state index contributed by atoms with van der Waals surface area (Å²) in [5, 5.41) is 3.92. The molecule has 0 bridgehead atoms. The Morgan fingerprint density at radius 1 is 1.23 bits per heavy atom. The quantitative estimate of drug-likeness (QED) is 0.448. The lowest BCUT2D eigenvalue weighted by Crippen LogP contribution is -2.41. The molecule has 0 aliphatic heterocycles. The van der Waals surface area contributed by atoms with Crippen molar-refractivity contribution in [3.63, 3.8) is 0 Å². The number of nitrogen functional groups attached to an aromatic ring is 1. The second kappa shape index (κ2) is 12.5. The Bertz CT molecular complexity index is 997. The third-order valence-electron chi connectivity index (χ3n) is 7.53. The molecular weight excluding hydrogens is 456 g/mol. The van der Waals surface area contributed by atoms with Crippen LogP contribution in [0.2, 0.25) is 0 Å². The van der Waals surface area contributed by atoms with Crippen LogP contribution in [0.1, 0.15) is 68.0 Å². The lowest BCUT2D eigenvalue weighted by Gasteiger charge is -2.36. The van der Waals surface area contributed by atoms with Gasteiger partial charge in [-0.3, -0.25) is 4.79 Å². The molecule has 4 rings (SSSR count). The van der Waals surface area contributed by atoms with Crippen molar-refractivity contribution in [1.82, 2.24) is 15.2 Å².